The van der Waals surface area contributed by atoms with E-state index in [0.717, 1.165) is 23.0 Å². The van der Waals surface area contributed by atoms with E-state index in [0.29, 0.717) is 18.2 Å². The zero-order valence-electron chi connectivity index (χ0n) is 15.2. The Labute approximate surface area is 148 Å². The third-order valence-corrected chi connectivity index (χ3v) is 4.71. The smallest absolute Gasteiger partial charge is 0.257 e. The van der Waals surface area contributed by atoms with Crippen LogP contribution in [0.3, 0.4) is 0 Å². The Bertz CT molecular complexity index is 835. The summed E-state index contributed by atoms with van der Waals surface area (Å²) in [7, 11) is 0. The maximum Gasteiger partial charge on any atom is 0.257 e. The summed E-state index contributed by atoms with van der Waals surface area (Å²) >= 11 is 0. The Morgan fingerprint density at radius 3 is 2.72 bits per heavy atom. The average molecular weight is 342 g/mol. The van der Waals surface area contributed by atoms with Gasteiger partial charge < -0.3 is 14.6 Å². The summed E-state index contributed by atoms with van der Waals surface area (Å²) in [5, 5.41) is 3.95. The van der Waals surface area contributed by atoms with Gasteiger partial charge in [-0.15, -0.1) is 0 Å². The van der Waals surface area contributed by atoms with Crippen LogP contribution in [0.5, 0.6) is 5.75 Å². The van der Waals surface area contributed by atoms with E-state index in [1.807, 2.05) is 25.1 Å². The van der Waals surface area contributed by atoms with Crippen molar-refractivity contribution in [3.63, 3.8) is 0 Å². The van der Waals surface area contributed by atoms with Crippen molar-refractivity contribution < 1.29 is 9.53 Å². The molecule has 1 aromatic heterocycles. The molecule has 25 heavy (non-hydrogen) atoms. The van der Waals surface area contributed by atoms with Crippen LogP contribution in [0.15, 0.2) is 29.1 Å². The Hall–Kier alpha value is -2.30. The minimum absolute atomic E-state index is 0.00153. The molecule has 0 atom stereocenters. The van der Waals surface area contributed by atoms with Crippen molar-refractivity contribution in [1.29, 1.82) is 0 Å². The number of nitrogens with zero attached hydrogens (tertiary/aromatic N) is 1. The first-order chi connectivity index (χ1) is 12.0. The molecule has 1 heterocycles. The Morgan fingerprint density at radius 2 is 2.08 bits per heavy atom. The van der Waals surface area contributed by atoms with E-state index < -0.39 is 0 Å². The Balaban J connectivity index is 1.82. The molecule has 5 heteroatoms. The number of nitrogens with one attached hydrogen (secondary N) is 1. The number of pyridine rings is 1. The van der Waals surface area contributed by atoms with E-state index in [2.05, 4.69) is 19.2 Å². The van der Waals surface area contributed by atoms with Gasteiger partial charge in [-0.1, -0.05) is 13.8 Å². The predicted molar refractivity (Wildman–Crippen MR) is 99.2 cm³/mol. The molecular formula is C20H26N2O3. The first-order valence-electron chi connectivity index (χ1n) is 9.06. The van der Waals surface area contributed by atoms with Gasteiger partial charge in [0.05, 0.1) is 5.52 Å². The molecule has 0 spiro atoms. The molecule has 2 aromatic rings. The molecule has 134 valence electrons. The molecule has 0 radical (unpaired) electrons. The zero-order chi connectivity index (χ0) is 18.0. The summed E-state index contributed by atoms with van der Waals surface area (Å²) in [5.74, 6) is 1.42. The first-order valence-corrected chi connectivity index (χ1v) is 9.06. The highest BCUT2D eigenvalue weighted by Crippen LogP contribution is 2.28. The van der Waals surface area contributed by atoms with E-state index in [9.17, 15) is 9.59 Å². The number of rotatable bonds is 7. The molecule has 0 saturated heterocycles. The number of fused-ring (bicyclic) bond motifs is 1. The fourth-order valence-electron chi connectivity index (χ4n) is 3.06. The monoisotopic (exact) mass is 342 g/mol. The van der Waals surface area contributed by atoms with E-state index >= 15 is 0 Å². The minimum atomic E-state index is -0.101. The van der Waals surface area contributed by atoms with Crippen molar-refractivity contribution in [2.75, 3.05) is 13.2 Å². The molecule has 1 aliphatic carbocycles. The molecule has 0 aliphatic heterocycles. The highest BCUT2D eigenvalue weighted by atomic mass is 16.5. The average Bonchev–Trinajstić information content (AvgIpc) is 3.41. The van der Waals surface area contributed by atoms with Gasteiger partial charge in [-0.2, -0.15) is 0 Å². The number of benzene rings is 1. The van der Waals surface area contributed by atoms with Gasteiger partial charge in [0.15, 0.2) is 6.61 Å². The van der Waals surface area contributed by atoms with Crippen molar-refractivity contribution in [3.8, 4) is 5.75 Å². The summed E-state index contributed by atoms with van der Waals surface area (Å²) in [6.07, 6.45) is 2.41. The summed E-state index contributed by atoms with van der Waals surface area (Å²) in [6.45, 7) is 7.46. The van der Waals surface area contributed by atoms with E-state index in [4.69, 9.17) is 4.74 Å². The number of aromatic nitrogens is 1. The third-order valence-electron chi connectivity index (χ3n) is 4.71. The number of hydrogen-bond donors (Lipinski definition) is 1. The van der Waals surface area contributed by atoms with Crippen LogP contribution in [-0.4, -0.2) is 23.6 Å². The van der Waals surface area contributed by atoms with Crippen LogP contribution < -0.4 is 15.6 Å². The first kappa shape index (κ1) is 17.5. The lowest BCUT2D eigenvalue weighted by Gasteiger charge is -2.15. The SMILES string of the molecule is CCn1c(=O)cc(C(C)C)c2ccc(OCC(=O)NCC3CC3)cc21. The van der Waals surface area contributed by atoms with Crippen LogP contribution in [0, 0.1) is 5.92 Å². The molecular weight excluding hydrogens is 316 g/mol. The molecule has 3 rings (SSSR count). The number of aryl methyl sites for hydroxylation is 1. The van der Waals surface area contributed by atoms with Gasteiger partial charge in [0.25, 0.3) is 11.5 Å². The summed E-state index contributed by atoms with van der Waals surface area (Å²) in [6, 6.07) is 7.43. The standard InChI is InChI=1S/C20H26N2O3/c1-4-22-18-9-15(25-12-19(23)21-11-14-5-6-14)7-8-16(18)17(13(2)3)10-20(22)24/h7-10,13-14H,4-6,11-12H2,1-3H3,(H,21,23). The van der Waals surface area contributed by atoms with Crippen LogP contribution in [0.25, 0.3) is 10.9 Å². The maximum absolute atomic E-state index is 12.4. The molecule has 5 nitrogen and oxygen atoms in total. The van der Waals surface area contributed by atoms with Crippen molar-refractivity contribution in [1.82, 2.24) is 9.88 Å². The highest BCUT2D eigenvalue weighted by Gasteiger charge is 2.21. The fraction of sp³-hybridized carbons (Fsp3) is 0.500. The molecule has 1 aliphatic rings. The van der Waals surface area contributed by atoms with Gasteiger partial charge in [-0.3, -0.25) is 9.59 Å². The van der Waals surface area contributed by atoms with E-state index in [1.165, 1.54) is 12.8 Å². The van der Waals surface area contributed by atoms with Crippen molar-refractivity contribution in [2.45, 2.75) is 46.1 Å². The topological polar surface area (TPSA) is 60.3 Å². The number of amides is 1. The largest absolute Gasteiger partial charge is 0.484 e. The van der Waals surface area contributed by atoms with Gasteiger partial charge >= 0.3 is 0 Å². The van der Waals surface area contributed by atoms with Gasteiger partial charge in [-0.25, -0.2) is 0 Å². The second-order valence-corrected chi connectivity index (χ2v) is 7.05. The zero-order valence-corrected chi connectivity index (χ0v) is 15.2. The van der Waals surface area contributed by atoms with Crippen molar-refractivity contribution in [3.05, 3.63) is 40.2 Å². The number of ether oxygens (including phenoxy) is 1. The Kier molecular flexibility index (Phi) is 5.11. The van der Waals surface area contributed by atoms with Crippen molar-refractivity contribution >= 4 is 16.8 Å². The quantitative estimate of drug-likeness (QED) is 0.841. The molecule has 1 amide bonds. The van der Waals surface area contributed by atoms with E-state index in [-0.39, 0.29) is 24.0 Å². The lowest BCUT2D eigenvalue weighted by molar-refractivity contribution is -0.123. The van der Waals surface area contributed by atoms with Crippen LogP contribution in [-0.2, 0) is 11.3 Å². The van der Waals surface area contributed by atoms with Crippen molar-refractivity contribution in [2.24, 2.45) is 5.92 Å². The lowest BCUT2D eigenvalue weighted by atomic mass is 9.98. The van der Waals surface area contributed by atoms with Gasteiger partial charge in [-0.05, 0) is 49.3 Å². The van der Waals surface area contributed by atoms with Crippen LogP contribution in [0.4, 0.5) is 0 Å². The van der Waals surface area contributed by atoms with Gasteiger partial charge in [0, 0.05) is 30.6 Å². The summed E-state index contributed by atoms with van der Waals surface area (Å²) in [4.78, 5) is 24.2. The molecule has 1 saturated carbocycles. The molecule has 0 unspecified atom stereocenters. The minimum Gasteiger partial charge on any atom is -0.484 e. The van der Waals surface area contributed by atoms with Crippen LogP contribution >= 0.6 is 0 Å². The number of carbonyl (C=O) groups is 1. The maximum atomic E-state index is 12.4. The second-order valence-electron chi connectivity index (χ2n) is 7.05. The normalized spacial score (nSPS) is 14.1. The summed E-state index contributed by atoms with van der Waals surface area (Å²) in [5.41, 5.74) is 1.89. The predicted octanol–water partition coefficient (Wildman–Crippen LogP) is 3.05. The second kappa shape index (κ2) is 7.30. The number of carbonyl (C=O) groups excluding carboxylic acids is 1. The number of hydrogen-bond acceptors (Lipinski definition) is 3. The van der Waals surface area contributed by atoms with Crippen LogP contribution in [0.1, 0.15) is 45.1 Å². The third kappa shape index (κ3) is 4.03. The fourth-order valence-corrected chi connectivity index (χ4v) is 3.06. The van der Waals surface area contributed by atoms with Gasteiger partial charge in [0.1, 0.15) is 5.75 Å². The highest BCUT2D eigenvalue weighted by molar-refractivity contribution is 5.84. The molecule has 1 N–H and O–H groups in total. The molecule has 1 fully saturated rings. The summed E-state index contributed by atoms with van der Waals surface area (Å²) < 4.78 is 7.38. The molecule has 0 bridgehead atoms. The molecule has 1 aromatic carbocycles. The van der Waals surface area contributed by atoms with Crippen LogP contribution in [0.2, 0.25) is 0 Å². The Morgan fingerprint density at radius 1 is 1.32 bits per heavy atom. The lowest BCUT2D eigenvalue weighted by Crippen LogP contribution is -2.30. The van der Waals surface area contributed by atoms with Gasteiger partial charge in [0.2, 0.25) is 0 Å². The van der Waals surface area contributed by atoms with E-state index in [1.54, 1.807) is 10.6 Å².